The lowest BCUT2D eigenvalue weighted by atomic mass is 9.86. The third kappa shape index (κ3) is 4.25. The summed E-state index contributed by atoms with van der Waals surface area (Å²) in [5.41, 5.74) is 2.60. The van der Waals surface area contributed by atoms with Gasteiger partial charge in [0, 0.05) is 6.42 Å². The minimum absolute atomic E-state index is 0.0940. The van der Waals surface area contributed by atoms with Gasteiger partial charge in [0.1, 0.15) is 11.5 Å². The van der Waals surface area contributed by atoms with Gasteiger partial charge in [0.25, 0.3) is 0 Å². The summed E-state index contributed by atoms with van der Waals surface area (Å²) in [7, 11) is 1.68. The summed E-state index contributed by atoms with van der Waals surface area (Å²) in [5, 5.41) is 0. The van der Waals surface area contributed by atoms with Crippen LogP contribution in [0.5, 0.6) is 11.5 Å². The van der Waals surface area contributed by atoms with Gasteiger partial charge in [-0.2, -0.15) is 0 Å². The molecule has 0 aliphatic heterocycles. The van der Waals surface area contributed by atoms with Gasteiger partial charge in [0.05, 0.1) is 13.7 Å². The highest BCUT2D eigenvalue weighted by atomic mass is 16.5. The van der Waals surface area contributed by atoms with Gasteiger partial charge in [-0.3, -0.25) is 0 Å². The standard InChI is InChI=1S/C19H24O2/c1-19(2,3)17-7-5-6-8-18(17)21-14-13-15-9-11-16(20-4)12-10-15/h5-12H,13-14H2,1-4H3. The number of hydrogen-bond acceptors (Lipinski definition) is 2. The molecule has 0 aliphatic carbocycles. The van der Waals surface area contributed by atoms with Crippen molar-refractivity contribution < 1.29 is 9.47 Å². The van der Waals surface area contributed by atoms with Crippen molar-refractivity contribution in [3.05, 3.63) is 59.7 Å². The van der Waals surface area contributed by atoms with Crippen LogP contribution >= 0.6 is 0 Å². The van der Waals surface area contributed by atoms with Gasteiger partial charge in [-0.15, -0.1) is 0 Å². The molecule has 2 aromatic carbocycles. The molecule has 0 spiro atoms. The largest absolute Gasteiger partial charge is 0.497 e. The molecule has 112 valence electrons. The Morgan fingerprint density at radius 2 is 1.57 bits per heavy atom. The van der Waals surface area contributed by atoms with Crippen LogP contribution in [0, 0.1) is 0 Å². The van der Waals surface area contributed by atoms with E-state index in [1.807, 2.05) is 18.2 Å². The van der Waals surface area contributed by atoms with Crippen LogP contribution in [0.1, 0.15) is 31.9 Å². The van der Waals surface area contributed by atoms with Crippen LogP contribution in [0.3, 0.4) is 0 Å². The molecule has 2 rings (SSSR count). The first-order valence-corrected chi connectivity index (χ1v) is 7.36. The van der Waals surface area contributed by atoms with Gasteiger partial charge < -0.3 is 9.47 Å². The van der Waals surface area contributed by atoms with Crippen molar-refractivity contribution in [1.82, 2.24) is 0 Å². The average Bonchev–Trinajstić information content (AvgIpc) is 2.47. The van der Waals surface area contributed by atoms with Gasteiger partial charge in [-0.05, 0) is 34.7 Å². The monoisotopic (exact) mass is 284 g/mol. The molecule has 0 N–H and O–H groups in total. The number of para-hydroxylation sites is 1. The number of rotatable bonds is 5. The van der Waals surface area contributed by atoms with Crippen LogP contribution in [0.2, 0.25) is 0 Å². The van der Waals surface area contributed by atoms with E-state index in [0.29, 0.717) is 6.61 Å². The smallest absolute Gasteiger partial charge is 0.123 e. The lowest BCUT2D eigenvalue weighted by Crippen LogP contribution is -2.14. The maximum absolute atomic E-state index is 5.99. The van der Waals surface area contributed by atoms with Crippen LogP contribution in [-0.2, 0) is 11.8 Å². The molecule has 0 heterocycles. The fraction of sp³-hybridized carbons (Fsp3) is 0.368. The second-order valence-electron chi connectivity index (χ2n) is 6.19. The minimum Gasteiger partial charge on any atom is -0.497 e. The SMILES string of the molecule is COc1ccc(CCOc2ccccc2C(C)(C)C)cc1. The van der Waals surface area contributed by atoms with Crippen molar-refractivity contribution in [2.24, 2.45) is 0 Å². The first-order valence-electron chi connectivity index (χ1n) is 7.36. The average molecular weight is 284 g/mol. The Morgan fingerprint density at radius 3 is 2.19 bits per heavy atom. The van der Waals surface area contributed by atoms with Crippen molar-refractivity contribution in [3.8, 4) is 11.5 Å². The van der Waals surface area contributed by atoms with E-state index in [0.717, 1.165) is 17.9 Å². The van der Waals surface area contributed by atoms with Crippen molar-refractivity contribution in [3.63, 3.8) is 0 Å². The summed E-state index contributed by atoms with van der Waals surface area (Å²) in [6, 6.07) is 16.4. The Bertz CT molecular complexity index is 565. The summed E-state index contributed by atoms with van der Waals surface area (Å²) in [5.74, 6) is 1.87. The van der Waals surface area contributed by atoms with Crippen LogP contribution < -0.4 is 9.47 Å². The number of methoxy groups -OCH3 is 1. The van der Waals surface area contributed by atoms with Crippen molar-refractivity contribution >= 4 is 0 Å². The third-order valence-electron chi connectivity index (χ3n) is 3.50. The van der Waals surface area contributed by atoms with E-state index in [-0.39, 0.29) is 5.41 Å². The van der Waals surface area contributed by atoms with E-state index in [2.05, 4.69) is 51.1 Å². The van der Waals surface area contributed by atoms with E-state index in [1.165, 1.54) is 11.1 Å². The summed E-state index contributed by atoms with van der Waals surface area (Å²) >= 11 is 0. The first-order chi connectivity index (χ1) is 10.0. The molecular weight excluding hydrogens is 260 g/mol. The molecule has 0 aliphatic rings. The number of ether oxygens (including phenoxy) is 2. The molecule has 0 amide bonds. The Hall–Kier alpha value is -1.96. The molecule has 2 nitrogen and oxygen atoms in total. The molecule has 2 heteroatoms. The second-order valence-corrected chi connectivity index (χ2v) is 6.19. The maximum atomic E-state index is 5.99. The molecule has 2 aromatic rings. The van der Waals surface area contributed by atoms with Crippen LogP contribution in [0.15, 0.2) is 48.5 Å². The topological polar surface area (TPSA) is 18.5 Å². The zero-order valence-corrected chi connectivity index (χ0v) is 13.3. The summed E-state index contributed by atoms with van der Waals surface area (Å²) in [6.45, 7) is 7.30. The molecule has 0 saturated heterocycles. The summed E-state index contributed by atoms with van der Waals surface area (Å²) in [4.78, 5) is 0. The molecule has 0 atom stereocenters. The van der Waals surface area contributed by atoms with Crippen molar-refractivity contribution in [2.45, 2.75) is 32.6 Å². The highest BCUT2D eigenvalue weighted by Crippen LogP contribution is 2.30. The molecule has 21 heavy (non-hydrogen) atoms. The summed E-state index contributed by atoms with van der Waals surface area (Å²) in [6.07, 6.45) is 0.891. The zero-order valence-electron chi connectivity index (χ0n) is 13.3. The highest BCUT2D eigenvalue weighted by molar-refractivity contribution is 5.38. The Labute approximate surface area is 127 Å². The van der Waals surface area contributed by atoms with E-state index < -0.39 is 0 Å². The maximum Gasteiger partial charge on any atom is 0.123 e. The fourth-order valence-corrected chi connectivity index (χ4v) is 2.28. The lowest BCUT2D eigenvalue weighted by Gasteiger charge is -2.22. The van der Waals surface area contributed by atoms with Crippen LogP contribution in [-0.4, -0.2) is 13.7 Å². The molecule has 0 aromatic heterocycles. The van der Waals surface area contributed by atoms with Gasteiger partial charge >= 0.3 is 0 Å². The van der Waals surface area contributed by atoms with E-state index in [1.54, 1.807) is 7.11 Å². The normalized spacial score (nSPS) is 11.2. The van der Waals surface area contributed by atoms with Gasteiger partial charge in [-0.1, -0.05) is 51.1 Å². The number of benzene rings is 2. The Kier molecular flexibility index (Phi) is 4.89. The molecule has 0 bridgehead atoms. The predicted molar refractivity (Wildman–Crippen MR) is 87.3 cm³/mol. The third-order valence-corrected chi connectivity index (χ3v) is 3.50. The highest BCUT2D eigenvalue weighted by Gasteiger charge is 2.18. The first kappa shape index (κ1) is 15.4. The lowest BCUT2D eigenvalue weighted by molar-refractivity contribution is 0.313. The van der Waals surface area contributed by atoms with Crippen molar-refractivity contribution in [1.29, 1.82) is 0 Å². The van der Waals surface area contributed by atoms with E-state index in [4.69, 9.17) is 9.47 Å². The van der Waals surface area contributed by atoms with Crippen molar-refractivity contribution in [2.75, 3.05) is 13.7 Å². The molecular formula is C19H24O2. The molecule has 0 saturated carbocycles. The van der Waals surface area contributed by atoms with Gasteiger partial charge in [-0.25, -0.2) is 0 Å². The van der Waals surface area contributed by atoms with Crippen LogP contribution in [0.4, 0.5) is 0 Å². The number of hydrogen-bond donors (Lipinski definition) is 0. The van der Waals surface area contributed by atoms with E-state index >= 15 is 0 Å². The second kappa shape index (κ2) is 6.66. The molecule has 0 unspecified atom stereocenters. The van der Waals surface area contributed by atoms with Crippen LogP contribution in [0.25, 0.3) is 0 Å². The van der Waals surface area contributed by atoms with Gasteiger partial charge in [0.15, 0.2) is 0 Å². The Balaban J connectivity index is 1.97. The quantitative estimate of drug-likeness (QED) is 0.798. The summed E-state index contributed by atoms with van der Waals surface area (Å²) < 4.78 is 11.2. The van der Waals surface area contributed by atoms with E-state index in [9.17, 15) is 0 Å². The minimum atomic E-state index is 0.0940. The fourth-order valence-electron chi connectivity index (χ4n) is 2.28. The molecule has 0 fully saturated rings. The predicted octanol–water partition coefficient (Wildman–Crippen LogP) is 4.61. The zero-order chi connectivity index (χ0) is 15.3. The Morgan fingerprint density at radius 1 is 0.905 bits per heavy atom. The van der Waals surface area contributed by atoms with Gasteiger partial charge in [0.2, 0.25) is 0 Å². The molecule has 0 radical (unpaired) electrons.